The molecule has 3 heterocycles. The van der Waals surface area contributed by atoms with Gasteiger partial charge in [0.15, 0.2) is 6.10 Å². The van der Waals surface area contributed by atoms with E-state index < -0.39 is 35.6 Å². The summed E-state index contributed by atoms with van der Waals surface area (Å²) in [5.41, 5.74) is -0.581. The molecular formula is C25H35NO6S. The maximum atomic E-state index is 13.1. The van der Waals surface area contributed by atoms with Crippen LogP contribution in [0, 0.1) is 36.0 Å². The quantitative estimate of drug-likeness (QED) is 0.336. The van der Waals surface area contributed by atoms with Crippen LogP contribution >= 0.6 is 11.3 Å². The number of cyclic esters (lactones) is 1. The highest BCUT2D eigenvalue weighted by molar-refractivity contribution is 7.09. The number of hydrogen-bond acceptors (Lipinski definition) is 8. The minimum atomic E-state index is -1.24. The number of aliphatic hydroxyl groups excluding tert-OH is 2. The van der Waals surface area contributed by atoms with Crippen LogP contribution < -0.4 is 0 Å². The van der Waals surface area contributed by atoms with Gasteiger partial charge < -0.3 is 19.7 Å². The lowest BCUT2D eigenvalue weighted by molar-refractivity contribution is -0.153. The Morgan fingerprint density at radius 3 is 2.58 bits per heavy atom. The summed E-state index contributed by atoms with van der Waals surface area (Å²) in [5, 5.41) is 24.2. The molecule has 1 unspecified atom stereocenters. The van der Waals surface area contributed by atoms with Crippen LogP contribution in [0.4, 0.5) is 0 Å². The maximum Gasteiger partial charge on any atom is 0.309 e. The second-order valence-electron chi connectivity index (χ2n) is 9.94. The Kier molecular flexibility index (Phi) is 8.33. The molecule has 2 aliphatic heterocycles. The summed E-state index contributed by atoms with van der Waals surface area (Å²) in [5.74, 6) is 4.36. The van der Waals surface area contributed by atoms with Crippen molar-refractivity contribution in [1.29, 1.82) is 0 Å². The molecule has 7 atom stereocenters. The van der Waals surface area contributed by atoms with E-state index >= 15 is 0 Å². The predicted molar refractivity (Wildman–Crippen MR) is 124 cm³/mol. The number of aliphatic hydroxyl groups is 2. The molecule has 0 saturated carbocycles. The molecular weight excluding hydrogens is 442 g/mol. The number of ketones is 1. The van der Waals surface area contributed by atoms with E-state index in [0.29, 0.717) is 12.1 Å². The lowest BCUT2D eigenvalue weighted by Gasteiger charge is -2.34. The fraction of sp³-hybridized carbons (Fsp3) is 0.720. The van der Waals surface area contributed by atoms with Gasteiger partial charge in [0.2, 0.25) is 0 Å². The number of epoxide rings is 1. The number of ether oxygens (including phenoxy) is 2. The van der Waals surface area contributed by atoms with Gasteiger partial charge in [0.05, 0.1) is 41.3 Å². The topological polar surface area (TPSA) is 109 Å². The Morgan fingerprint density at radius 2 is 1.91 bits per heavy atom. The third kappa shape index (κ3) is 6.63. The molecule has 0 amide bonds. The van der Waals surface area contributed by atoms with Gasteiger partial charge in [0.1, 0.15) is 11.5 Å². The molecule has 0 aromatic carbocycles. The van der Waals surface area contributed by atoms with Crippen LogP contribution in [-0.2, 0) is 19.1 Å². The number of nitrogens with zero attached hydrogens (tertiary/aromatic N) is 1. The van der Waals surface area contributed by atoms with Crippen LogP contribution in [0.25, 0.3) is 0 Å². The molecule has 0 aliphatic carbocycles. The van der Waals surface area contributed by atoms with Crippen molar-refractivity contribution >= 4 is 23.1 Å². The molecule has 3 rings (SSSR count). The summed E-state index contributed by atoms with van der Waals surface area (Å²) in [7, 11) is 0. The number of carbonyl (C=O) groups is 2. The van der Waals surface area contributed by atoms with E-state index in [1.54, 1.807) is 20.8 Å². The fourth-order valence-electron chi connectivity index (χ4n) is 4.39. The van der Waals surface area contributed by atoms with Crippen molar-refractivity contribution in [1.82, 2.24) is 4.98 Å². The molecule has 1 aromatic rings. The molecule has 2 N–H and O–H groups in total. The molecule has 0 bridgehead atoms. The first-order valence-electron chi connectivity index (χ1n) is 11.7. The van der Waals surface area contributed by atoms with Crippen molar-refractivity contribution in [3.8, 4) is 11.8 Å². The zero-order valence-electron chi connectivity index (χ0n) is 20.0. The average Bonchev–Trinajstić information content (AvgIpc) is 3.35. The number of thiazole rings is 1. The van der Waals surface area contributed by atoms with Gasteiger partial charge in [-0.3, -0.25) is 9.59 Å². The van der Waals surface area contributed by atoms with Gasteiger partial charge in [0, 0.05) is 17.7 Å². The highest BCUT2D eigenvalue weighted by Crippen LogP contribution is 2.35. The van der Waals surface area contributed by atoms with Crippen molar-refractivity contribution in [2.75, 3.05) is 0 Å². The van der Waals surface area contributed by atoms with Crippen molar-refractivity contribution in [3.63, 3.8) is 0 Å². The predicted octanol–water partition coefficient (Wildman–Crippen LogP) is 3.04. The molecule has 2 fully saturated rings. The van der Waals surface area contributed by atoms with Gasteiger partial charge in [-0.05, 0) is 31.6 Å². The smallest absolute Gasteiger partial charge is 0.309 e. The average molecular weight is 478 g/mol. The van der Waals surface area contributed by atoms with Crippen molar-refractivity contribution in [2.24, 2.45) is 17.3 Å². The Labute approximate surface area is 199 Å². The van der Waals surface area contributed by atoms with Crippen LogP contribution in [0.2, 0.25) is 0 Å². The Hall–Kier alpha value is -1.79. The van der Waals surface area contributed by atoms with E-state index in [4.69, 9.17) is 9.47 Å². The fourth-order valence-corrected chi connectivity index (χ4v) is 4.94. The standard InChI is InChI=1S/C25H35NO6S/c1-14-7-6-8-19-20(32-19)11-18(10-9-17-13-33-16(3)26-17)31-22(28)12-21(27)25(4,5)24(30)15(2)23(14)29/h13-15,18-21,23,27,29H,6-8,11-12H2,1-5H3/t14-,15+,18+,19+,20-,21-,23?/m0/s1. The Morgan fingerprint density at radius 1 is 1.18 bits per heavy atom. The number of aromatic nitrogens is 1. The first-order valence-corrected chi connectivity index (χ1v) is 12.6. The van der Waals surface area contributed by atoms with Crippen LogP contribution in [0.15, 0.2) is 5.38 Å². The number of aryl methyl sites for hydroxylation is 1. The lowest BCUT2D eigenvalue weighted by atomic mass is 9.73. The highest BCUT2D eigenvalue weighted by Gasteiger charge is 2.44. The van der Waals surface area contributed by atoms with E-state index in [1.807, 2.05) is 19.2 Å². The van der Waals surface area contributed by atoms with E-state index in [9.17, 15) is 19.8 Å². The molecule has 2 aliphatic rings. The van der Waals surface area contributed by atoms with Gasteiger partial charge in [-0.1, -0.05) is 40.0 Å². The zero-order valence-corrected chi connectivity index (χ0v) is 20.9. The van der Waals surface area contributed by atoms with E-state index in [0.717, 1.165) is 24.3 Å². The summed E-state index contributed by atoms with van der Waals surface area (Å²) in [6, 6.07) is 0. The third-order valence-corrected chi connectivity index (χ3v) is 7.65. The van der Waals surface area contributed by atoms with Crippen LogP contribution in [0.5, 0.6) is 0 Å². The molecule has 33 heavy (non-hydrogen) atoms. The van der Waals surface area contributed by atoms with Crippen molar-refractivity contribution in [3.05, 3.63) is 16.1 Å². The summed E-state index contributed by atoms with van der Waals surface area (Å²) in [6.07, 6.45) is -0.110. The number of carbonyl (C=O) groups excluding carboxylic acids is 2. The van der Waals surface area contributed by atoms with Crippen molar-refractivity contribution in [2.45, 2.75) is 97.2 Å². The molecule has 0 spiro atoms. The molecule has 1 aromatic heterocycles. The summed E-state index contributed by atoms with van der Waals surface area (Å²) in [4.78, 5) is 30.1. The van der Waals surface area contributed by atoms with Gasteiger partial charge in [-0.25, -0.2) is 4.98 Å². The molecule has 182 valence electrons. The number of hydrogen-bond donors (Lipinski definition) is 2. The van der Waals surface area contributed by atoms with Gasteiger partial charge in [-0.2, -0.15) is 0 Å². The number of rotatable bonds is 0. The first-order chi connectivity index (χ1) is 15.5. The molecule has 2 saturated heterocycles. The molecule has 7 nitrogen and oxygen atoms in total. The SMILES string of the molecule is Cc1nc(C#C[C@@H]2C[C@@H]3O[C@@H]3CCC[C@H](C)C(O)[C@@H](C)C(=O)C(C)(C)[C@@H](O)CC(=O)O2)cs1. The first kappa shape index (κ1) is 25.8. The molecule has 0 radical (unpaired) electrons. The van der Waals surface area contributed by atoms with Crippen LogP contribution in [-0.4, -0.2) is 57.5 Å². The minimum Gasteiger partial charge on any atom is -0.449 e. The van der Waals surface area contributed by atoms with Crippen molar-refractivity contribution < 1.29 is 29.3 Å². The Balaban J connectivity index is 1.78. The van der Waals surface area contributed by atoms with E-state index in [2.05, 4.69) is 16.8 Å². The lowest BCUT2D eigenvalue weighted by Crippen LogP contribution is -2.45. The molecule has 8 heteroatoms. The van der Waals surface area contributed by atoms with Crippen LogP contribution in [0.1, 0.15) is 70.5 Å². The summed E-state index contributed by atoms with van der Waals surface area (Å²) < 4.78 is 11.4. The largest absolute Gasteiger partial charge is 0.449 e. The van der Waals surface area contributed by atoms with Gasteiger partial charge in [-0.15, -0.1) is 11.3 Å². The van der Waals surface area contributed by atoms with Crippen LogP contribution in [0.3, 0.4) is 0 Å². The maximum absolute atomic E-state index is 13.1. The van der Waals surface area contributed by atoms with Gasteiger partial charge >= 0.3 is 5.97 Å². The second kappa shape index (κ2) is 10.6. The normalized spacial score (nSPS) is 35.7. The minimum absolute atomic E-state index is 0.0377. The van der Waals surface area contributed by atoms with Gasteiger partial charge in [0.25, 0.3) is 0 Å². The zero-order chi connectivity index (χ0) is 24.3. The second-order valence-corrected chi connectivity index (χ2v) is 11.0. The Bertz CT molecular complexity index is 915. The summed E-state index contributed by atoms with van der Waals surface area (Å²) in [6.45, 7) is 8.74. The number of esters is 1. The monoisotopic (exact) mass is 477 g/mol. The number of Topliss-reactive ketones (excluding diaryl/α,β-unsaturated/α-hetero) is 1. The number of fused-ring (bicyclic) bond motifs is 1. The highest BCUT2D eigenvalue weighted by atomic mass is 32.1. The third-order valence-electron chi connectivity index (χ3n) is 6.87. The van der Waals surface area contributed by atoms with E-state index in [1.165, 1.54) is 11.3 Å². The van der Waals surface area contributed by atoms with E-state index in [-0.39, 0.29) is 30.3 Å². The summed E-state index contributed by atoms with van der Waals surface area (Å²) >= 11 is 1.50.